The van der Waals surface area contributed by atoms with Crippen molar-refractivity contribution in [3.63, 3.8) is 0 Å². The molecule has 0 bridgehead atoms. The number of morpholine rings is 1. The van der Waals surface area contributed by atoms with Crippen LogP contribution in [0.15, 0.2) is 30.3 Å². The summed E-state index contributed by atoms with van der Waals surface area (Å²) < 4.78 is 22.0. The minimum Gasteiger partial charge on any atom is -0.480 e. The maximum absolute atomic E-state index is 12.4. The van der Waals surface area contributed by atoms with E-state index in [1.807, 2.05) is 30.3 Å². The number of hydrogen-bond acceptors (Lipinski definition) is 7. The molecule has 1 aromatic rings. The monoisotopic (exact) mass is 480 g/mol. The van der Waals surface area contributed by atoms with E-state index in [1.165, 1.54) is 7.05 Å². The number of carboxylic acids is 1. The highest BCUT2D eigenvalue weighted by Crippen LogP contribution is 2.17. The van der Waals surface area contributed by atoms with Crippen molar-refractivity contribution < 1.29 is 38.4 Å². The van der Waals surface area contributed by atoms with Gasteiger partial charge in [0.25, 0.3) is 0 Å². The summed E-state index contributed by atoms with van der Waals surface area (Å²) in [4.78, 5) is 39.2. The number of ether oxygens (including phenoxy) is 4. The molecular weight excluding hydrogens is 444 g/mol. The fraction of sp³-hybridized carbons (Fsp3) is 0.625. The van der Waals surface area contributed by atoms with E-state index in [1.54, 1.807) is 32.6 Å². The van der Waals surface area contributed by atoms with Crippen LogP contribution in [0, 0.1) is 5.92 Å². The minimum absolute atomic E-state index is 0.0857. The van der Waals surface area contributed by atoms with Gasteiger partial charge in [0, 0.05) is 19.5 Å². The quantitative estimate of drug-likeness (QED) is 0.574. The molecule has 3 atom stereocenters. The molecule has 10 nitrogen and oxygen atoms in total. The van der Waals surface area contributed by atoms with Gasteiger partial charge >= 0.3 is 18.2 Å². The van der Waals surface area contributed by atoms with Gasteiger partial charge in [-0.05, 0) is 26.3 Å². The Kier molecular flexibility index (Phi) is 10.1. The van der Waals surface area contributed by atoms with Crippen LogP contribution in [0.1, 0.15) is 33.3 Å². The van der Waals surface area contributed by atoms with Crippen molar-refractivity contribution in [2.75, 3.05) is 40.0 Å². The average molecular weight is 481 g/mol. The minimum atomic E-state index is -1.15. The van der Waals surface area contributed by atoms with Crippen molar-refractivity contribution in [3.05, 3.63) is 35.9 Å². The molecule has 0 aromatic heterocycles. The van der Waals surface area contributed by atoms with Crippen molar-refractivity contribution >= 4 is 18.2 Å². The zero-order valence-electron chi connectivity index (χ0n) is 20.6. The molecule has 1 saturated heterocycles. The zero-order chi connectivity index (χ0) is 25.3. The standard InChI is InChI=1S/C24H36N2O8/c1-17(20(21(27)28)25(5)22(29)34-24(2,3)4)14-31-16-19-13-26(11-12-32-19)23(30)33-15-18-9-7-6-8-10-18/h6-10,17,19-20H,11-16H2,1-5H3,(H,27,28)/t17-,19?,20+/m1/s1. The summed E-state index contributed by atoms with van der Waals surface area (Å²) in [6, 6.07) is 8.31. The smallest absolute Gasteiger partial charge is 0.410 e. The highest BCUT2D eigenvalue weighted by molar-refractivity contribution is 5.80. The van der Waals surface area contributed by atoms with Crippen molar-refractivity contribution in [1.29, 1.82) is 0 Å². The van der Waals surface area contributed by atoms with Gasteiger partial charge in [-0.1, -0.05) is 37.3 Å². The highest BCUT2D eigenvalue weighted by Gasteiger charge is 2.35. The second-order valence-corrected chi connectivity index (χ2v) is 9.37. The molecule has 1 heterocycles. The van der Waals surface area contributed by atoms with Gasteiger partial charge < -0.3 is 29.0 Å². The summed E-state index contributed by atoms with van der Waals surface area (Å²) in [6.07, 6.45) is -1.50. The van der Waals surface area contributed by atoms with Crippen LogP contribution in [0.4, 0.5) is 9.59 Å². The number of likely N-dealkylation sites (N-methyl/N-ethyl adjacent to an activating group) is 1. The second-order valence-electron chi connectivity index (χ2n) is 9.37. The van der Waals surface area contributed by atoms with E-state index in [0.29, 0.717) is 19.7 Å². The first-order valence-electron chi connectivity index (χ1n) is 11.3. The number of carbonyl (C=O) groups excluding carboxylic acids is 2. The number of benzene rings is 1. The van der Waals surface area contributed by atoms with Crippen LogP contribution in [0.3, 0.4) is 0 Å². The van der Waals surface area contributed by atoms with Gasteiger partial charge in [0.05, 0.1) is 32.5 Å². The van der Waals surface area contributed by atoms with E-state index in [2.05, 4.69) is 0 Å². The highest BCUT2D eigenvalue weighted by atomic mass is 16.6. The third-order valence-corrected chi connectivity index (χ3v) is 5.18. The number of hydrogen-bond donors (Lipinski definition) is 1. The number of amides is 2. The summed E-state index contributed by atoms with van der Waals surface area (Å²) >= 11 is 0. The van der Waals surface area contributed by atoms with Crippen molar-refractivity contribution in [3.8, 4) is 0 Å². The van der Waals surface area contributed by atoms with Gasteiger partial charge in [0.2, 0.25) is 0 Å². The molecule has 1 aromatic carbocycles. The molecule has 1 aliphatic heterocycles. The third-order valence-electron chi connectivity index (χ3n) is 5.18. The first-order chi connectivity index (χ1) is 16.0. The molecule has 0 aliphatic carbocycles. The molecule has 2 rings (SSSR count). The predicted molar refractivity (Wildman–Crippen MR) is 123 cm³/mol. The Balaban J connectivity index is 1.80. The molecule has 0 radical (unpaired) electrons. The van der Waals surface area contributed by atoms with Crippen LogP contribution in [-0.4, -0.2) is 90.8 Å². The lowest BCUT2D eigenvalue weighted by molar-refractivity contribution is -0.146. The van der Waals surface area contributed by atoms with Gasteiger partial charge in [-0.25, -0.2) is 14.4 Å². The molecule has 34 heavy (non-hydrogen) atoms. The van der Waals surface area contributed by atoms with Gasteiger partial charge in [-0.2, -0.15) is 0 Å². The Bertz CT molecular complexity index is 811. The molecule has 190 valence electrons. The largest absolute Gasteiger partial charge is 0.480 e. The number of nitrogens with zero attached hydrogens (tertiary/aromatic N) is 2. The van der Waals surface area contributed by atoms with Crippen molar-refractivity contribution in [2.45, 2.75) is 52.0 Å². The topological polar surface area (TPSA) is 115 Å². The Hall–Kier alpha value is -2.85. The molecule has 10 heteroatoms. The van der Waals surface area contributed by atoms with E-state index in [9.17, 15) is 19.5 Å². The van der Waals surface area contributed by atoms with Gasteiger partial charge in [-0.3, -0.25) is 4.90 Å². The molecule has 1 fully saturated rings. The van der Waals surface area contributed by atoms with E-state index in [0.717, 1.165) is 10.5 Å². The van der Waals surface area contributed by atoms with E-state index in [-0.39, 0.29) is 25.9 Å². The number of carbonyl (C=O) groups is 3. The van der Waals surface area contributed by atoms with E-state index < -0.39 is 35.7 Å². The van der Waals surface area contributed by atoms with Gasteiger partial charge in [0.1, 0.15) is 18.2 Å². The lowest BCUT2D eigenvalue weighted by atomic mass is 10.0. The van der Waals surface area contributed by atoms with E-state index in [4.69, 9.17) is 18.9 Å². The lowest BCUT2D eigenvalue weighted by Gasteiger charge is -2.33. The summed E-state index contributed by atoms with van der Waals surface area (Å²) in [5, 5.41) is 9.65. The van der Waals surface area contributed by atoms with Crippen LogP contribution in [0.5, 0.6) is 0 Å². The summed E-state index contributed by atoms with van der Waals surface area (Å²) in [7, 11) is 1.40. The molecule has 2 amide bonds. The maximum Gasteiger partial charge on any atom is 0.410 e. The average Bonchev–Trinajstić information content (AvgIpc) is 2.77. The summed E-state index contributed by atoms with van der Waals surface area (Å²) in [5.74, 6) is -1.66. The Labute approximate surface area is 200 Å². The number of aliphatic carboxylic acids is 1. The lowest BCUT2D eigenvalue weighted by Crippen LogP contribution is -2.50. The molecule has 1 unspecified atom stereocenters. The summed E-state index contributed by atoms with van der Waals surface area (Å²) in [5.41, 5.74) is 0.169. The molecule has 0 spiro atoms. The van der Waals surface area contributed by atoms with Crippen LogP contribution >= 0.6 is 0 Å². The first kappa shape index (κ1) is 27.4. The Morgan fingerprint density at radius 3 is 2.53 bits per heavy atom. The molecule has 1 N–H and O–H groups in total. The third kappa shape index (κ3) is 8.83. The molecule has 0 saturated carbocycles. The maximum atomic E-state index is 12.4. The number of rotatable bonds is 9. The predicted octanol–water partition coefficient (Wildman–Crippen LogP) is 3.00. The van der Waals surface area contributed by atoms with Crippen molar-refractivity contribution in [2.24, 2.45) is 5.92 Å². The fourth-order valence-corrected chi connectivity index (χ4v) is 3.51. The zero-order valence-corrected chi connectivity index (χ0v) is 20.6. The van der Waals surface area contributed by atoms with E-state index >= 15 is 0 Å². The SMILES string of the molecule is C[C@H](COCC1CN(C(=O)OCc2ccccc2)CCO1)[C@@H](C(=O)O)N(C)C(=O)OC(C)(C)C. The summed E-state index contributed by atoms with van der Waals surface area (Å²) in [6.45, 7) is 8.36. The van der Waals surface area contributed by atoms with Crippen LogP contribution in [-0.2, 0) is 30.3 Å². The Morgan fingerprint density at radius 1 is 1.24 bits per heavy atom. The number of carboxylic acid groups (broad SMARTS) is 1. The van der Waals surface area contributed by atoms with Crippen LogP contribution in [0.2, 0.25) is 0 Å². The Morgan fingerprint density at radius 2 is 1.91 bits per heavy atom. The first-order valence-corrected chi connectivity index (χ1v) is 11.3. The van der Waals surface area contributed by atoms with Crippen LogP contribution < -0.4 is 0 Å². The normalized spacial score (nSPS) is 18.0. The van der Waals surface area contributed by atoms with Crippen LogP contribution in [0.25, 0.3) is 0 Å². The second kappa shape index (κ2) is 12.6. The van der Waals surface area contributed by atoms with Gasteiger partial charge in [0.15, 0.2) is 0 Å². The van der Waals surface area contributed by atoms with Gasteiger partial charge in [-0.15, -0.1) is 0 Å². The molecular formula is C24H36N2O8. The van der Waals surface area contributed by atoms with Crippen molar-refractivity contribution in [1.82, 2.24) is 9.80 Å². The molecule has 1 aliphatic rings. The fourth-order valence-electron chi connectivity index (χ4n) is 3.51.